The van der Waals surface area contributed by atoms with Gasteiger partial charge in [-0.05, 0) is 11.8 Å². The second kappa shape index (κ2) is 5.68. The molecule has 1 heteroatoms. The van der Waals surface area contributed by atoms with E-state index in [9.17, 15) is 0 Å². The molecule has 0 saturated carbocycles. The van der Waals surface area contributed by atoms with E-state index in [4.69, 9.17) is 7.85 Å². The summed E-state index contributed by atoms with van der Waals surface area (Å²) in [4.78, 5) is 0. The summed E-state index contributed by atoms with van der Waals surface area (Å²) < 4.78 is 0. The van der Waals surface area contributed by atoms with Crippen LogP contribution in [0, 0.1) is 11.8 Å². The Bertz CT molecular complexity index is 88.9. The van der Waals surface area contributed by atoms with Crippen molar-refractivity contribution in [1.29, 1.82) is 0 Å². The summed E-state index contributed by atoms with van der Waals surface area (Å²) in [5.74, 6) is 1.87. The summed E-state index contributed by atoms with van der Waals surface area (Å²) in [6.07, 6.45) is 3.89. The molecule has 0 rings (SSSR count). The molecule has 0 aliphatic rings. The Hall–Kier alpha value is 0.0649. The highest BCUT2D eigenvalue weighted by molar-refractivity contribution is 6.11. The van der Waals surface area contributed by atoms with Gasteiger partial charge in [0.05, 0.1) is 7.85 Å². The van der Waals surface area contributed by atoms with Crippen LogP contribution >= 0.6 is 0 Å². The molecule has 3 atom stereocenters. The minimum absolute atomic E-state index is 0.353. The predicted molar refractivity (Wildman–Crippen MR) is 53.0 cm³/mol. The smallest absolute Gasteiger partial charge is 0.0699 e. The lowest BCUT2D eigenvalue weighted by Gasteiger charge is -2.25. The van der Waals surface area contributed by atoms with Crippen molar-refractivity contribution < 1.29 is 0 Å². The third kappa shape index (κ3) is 3.84. The minimum atomic E-state index is 0.353. The Balaban J connectivity index is 3.81. The van der Waals surface area contributed by atoms with Gasteiger partial charge in [-0.25, -0.2) is 0 Å². The number of rotatable bonds is 5. The monoisotopic (exact) mass is 152 g/mol. The first-order valence-corrected chi connectivity index (χ1v) is 4.89. The fourth-order valence-electron chi connectivity index (χ4n) is 1.64. The van der Waals surface area contributed by atoms with E-state index in [1.54, 1.807) is 0 Å². The lowest BCUT2D eigenvalue weighted by molar-refractivity contribution is 0.316. The lowest BCUT2D eigenvalue weighted by Crippen LogP contribution is -2.14. The van der Waals surface area contributed by atoms with Crippen LogP contribution in [0.4, 0.5) is 0 Å². The molecule has 0 aromatic carbocycles. The molecule has 0 saturated heterocycles. The van der Waals surface area contributed by atoms with Crippen molar-refractivity contribution in [2.45, 2.75) is 52.8 Å². The highest BCUT2D eigenvalue weighted by atomic mass is 14.2. The Labute approximate surface area is 73.2 Å². The van der Waals surface area contributed by atoms with Crippen molar-refractivity contribution in [3.63, 3.8) is 0 Å². The third-order valence-electron chi connectivity index (χ3n) is 2.76. The Morgan fingerprint density at radius 1 is 1.18 bits per heavy atom. The molecule has 3 unspecified atom stereocenters. The van der Waals surface area contributed by atoms with Gasteiger partial charge in [0.1, 0.15) is 0 Å². The van der Waals surface area contributed by atoms with Crippen molar-refractivity contribution in [3.8, 4) is 0 Å². The normalized spacial score (nSPS) is 19.3. The molecular formula is C10H21B. The summed E-state index contributed by atoms with van der Waals surface area (Å²) in [6, 6.07) is 0. The van der Waals surface area contributed by atoms with Crippen LogP contribution in [0.15, 0.2) is 0 Å². The van der Waals surface area contributed by atoms with Gasteiger partial charge in [-0.15, -0.1) is 0 Å². The van der Waals surface area contributed by atoms with E-state index in [2.05, 4.69) is 27.7 Å². The molecule has 0 aromatic rings. The van der Waals surface area contributed by atoms with Crippen LogP contribution in [0.2, 0.25) is 5.82 Å². The predicted octanol–water partition coefficient (Wildman–Crippen LogP) is 3.43. The molecule has 0 aliphatic heterocycles. The van der Waals surface area contributed by atoms with Crippen LogP contribution in [-0.2, 0) is 0 Å². The standard InChI is InChI=1S/C10H21B/c1-5-7-10(6-2)8(3)9(4)11/h8-10H,5-7H2,1-4H3. The summed E-state index contributed by atoms with van der Waals surface area (Å²) in [6.45, 7) is 8.90. The Kier molecular flexibility index (Phi) is 5.72. The van der Waals surface area contributed by atoms with Gasteiger partial charge < -0.3 is 0 Å². The van der Waals surface area contributed by atoms with Gasteiger partial charge in [0.25, 0.3) is 0 Å². The van der Waals surface area contributed by atoms with E-state index < -0.39 is 0 Å². The van der Waals surface area contributed by atoms with Gasteiger partial charge in [-0.3, -0.25) is 0 Å². The number of hydrogen-bond acceptors (Lipinski definition) is 0. The fourth-order valence-corrected chi connectivity index (χ4v) is 1.64. The Morgan fingerprint density at radius 3 is 2.00 bits per heavy atom. The highest BCUT2D eigenvalue weighted by Gasteiger charge is 2.16. The van der Waals surface area contributed by atoms with E-state index in [1.165, 1.54) is 19.3 Å². The van der Waals surface area contributed by atoms with Crippen molar-refractivity contribution in [2.75, 3.05) is 0 Å². The molecule has 0 aliphatic carbocycles. The SMILES string of the molecule is [B]C(C)C(C)C(CC)CCC. The zero-order valence-corrected chi connectivity index (χ0v) is 8.43. The Morgan fingerprint density at radius 2 is 1.73 bits per heavy atom. The molecule has 64 valence electrons. The first kappa shape index (κ1) is 11.1. The average molecular weight is 152 g/mol. The second-order valence-electron chi connectivity index (χ2n) is 3.68. The van der Waals surface area contributed by atoms with Crippen molar-refractivity contribution in [2.24, 2.45) is 11.8 Å². The van der Waals surface area contributed by atoms with Crippen LogP contribution in [0.25, 0.3) is 0 Å². The largest absolute Gasteiger partial charge is 0.0774 e. The van der Waals surface area contributed by atoms with Crippen molar-refractivity contribution in [1.82, 2.24) is 0 Å². The van der Waals surface area contributed by atoms with Crippen LogP contribution in [0.5, 0.6) is 0 Å². The molecule has 0 heterocycles. The van der Waals surface area contributed by atoms with Crippen molar-refractivity contribution >= 4 is 7.85 Å². The lowest BCUT2D eigenvalue weighted by atomic mass is 9.71. The summed E-state index contributed by atoms with van der Waals surface area (Å²) in [5, 5.41) is 0. The molecule has 2 radical (unpaired) electrons. The minimum Gasteiger partial charge on any atom is -0.0774 e. The van der Waals surface area contributed by atoms with E-state index in [0.29, 0.717) is 11.7 Å². The van der Waals surface area contributed by atoms with E-state index in [0.717, 1.165) is 5.92 Å². The molecule has 0 bridgehead atoms. The zero-order valence-electron chi connectivity index (χ0n) is 8.43. The van der Waals surface area contributed by atoms with Gasteiger partial charge in [-0.1, -0.05) is 52.8 Å². The summed E-state index contributed by atoms with van der Waals surface area (Å²) in [7, 11) is 5.84. The summed E-state index contributed by atoms with van der Waals surface area (Å²) >= 11 is 0. The van der Waals surface area contributed by atoms with Crippen LogP contribution < -0.4 is 0 Å². The van der Waals surface area contributed by atoms with Crippen molar-refractivity contribution in [3.05, 3.63) is 0 Å². The van der Waals surface area contributed by atoms with Crippen LogP contribution in [0.1, 0.15) is 47.0 Å². The summed E-state index contributed by atoms with van der Waals surface area (Å²) in [5.41, 5.74) is 0. The molecule has 0 N–H and O–H groups in total. The van der Waals surface area contributed by atoms with Gasteiger partial charge >= 0.3 is 0 Å². The molecule has 0 amide bonds. The van der Waals surface area contributed by atoms with Gasteiger partial charge in [0.15, 0.2) is 0 Å². The van der Waals surface area contributed by atoms with E-state index >= 15 is 0 Å². The third-order valence-corrected chi connectivity index (χ3v) is 2.76. The van der Waals surface area contributed by atoms with E-state index in [1.807, 2.05) is 0 Å². The molecule has 0 fully saturated rings. The highest BCUT2D eigenvalue weighted by Crippen LogP contribution is 2.28. The van der Waals surface area contributed by atoms with Crippen LogP contribution in [0.3, 0.4) is 0 Å². The molecule has 11 heavy (non-hydrogen) atoms. The van der Waals surface area contributed by atoms with Gasteiger partial charge in [0.2, 0.25) is 0 Å². The molecule has 0 nitrogen and oxygen atoms in total. The maximum atomic E-state index is 5.84. The van der Waals surface area contributed by atoms with Gasteiger partial charge in [-0.2, -0.15) is 0 Å². The second-order valence-corrected chi connectivity index (χ2v) is 3.68. The molecule has 0 aromatic heterocycles. The quantitative estimate of drug-likeness (QED) is 0.529. The molecule has 0 spiro atoms. The van der Waals surface area contributed by atoms with Gasteiger partial charge in [0, 0.05) is 0 Å². The van der Waals surface area contributed by atoms with Crippen LogP contribution in [-0.4, -0.2) is 7.85 Å². The fraction of sp³-hybridized carbons (Fsp3) is 1.00. The molecular weight excluding hydrogens is 131 g/mol. The number of hydrogen-bond donors (Lipinski definition) is 0. The first-order valence-electron chi connectivity index (χ1n) is 4.89. The maximum absolute atomic E-state index is 5.84. The average Bonchev–Trinajstić information content (AvgIpc) is 1.98. The van der Waals surface area contributed by atoms with E-state index in [-0.39, 0.29) is 0 Å². The topological polar surface area (TPSA) is 0 Å². The first-order chi connectivity index (χ1) is 5.13. The zero-order chi connectivity index (χ0) is 8.85. The maximum Gasteiger partial charge on any atom is 0.0699 e.